The average Bonchev–Trinajstić information content (AvgIpc) is 3.68. The predicted molar refractivity (Wildman–Crippen MR) is 248 cm³/mol. The van der Waals surface area contributed by atoms with Gasteiger partial charge in [0.25, 0.3) is 0 Å². The Morgan fingerprint density at radius 3 is 1.25 bits per heavy atom. The molecule has 0 saturated carbocycles. The first-order valence-electron chi connectivity index (χ1n) is 20.3. The highest BCUT2D eigenvalue weighted by atomic mass is 15.0. The van der Waals surface area contributed by atoms with Crippen LogP contribution in [0.25, 0.3) is 107 Å². The Bertz CT molecular complexity index is 3290. The Morgan fingerprint density at radius 1 is 0.246 bits per heavy atom. The molecule has 0 aliphatic heterocycles. The van der Waals surface area contributed by atoms with Crippen LogP contribution in [0.5, 0.6) is 0 Å². The summed E-state index contributed by atoms with van der Waals surface area (Å²) in [5, 5.41) is 2.37. The Balaban J connectivity index is 1.01. The molecule has 0 fully saturated rings. The zero-order valence-electron chi connectivity index (χ0n) is 33.0. The van der Waals surface area contributed by atoms with Gasteiger partial charge >= 0.3 is 0 Å². The van der Waals surface area contributed by atoms with Gasteiger partial charge in [-0.2, -0.15) is 0 Å². The van der Waals surface area contributed by atoms with E-state index in [2.05, 4.69) is 144 Å². The number of hydrogen-bond donors (Lipinski definition) is 0. The molecule has 3 aromatic heterocycles. The topological polar surface area (TPSA) is 69.4 Å². The van der Waals surface area contributed by atoms with Gasteiger partial charge in [0.2, 0.25) is 0 Å². The van der Waals surface area contributed by atoms with Crippen LogP contribution in [0, 0.1) is 0 Å². The highest BCUT2D eigenvalue weighted by molar-refractivity contribution is 6.10. The van der Waals surface area contributed by atoms with Crippen LogP contribution in [0.1, 0.15) is 0 Å². The molecule has 286 valence electrons. The van der Waals surface area contributed by atoms with Crippen molar-refractivity contribution in [1.82, 2.24) is 29.5 Å². The monoisotopic (exact) mass is 780 g/mol. The lowest BCUT2D eigenvalue weighted by molar-refractivity contribution is 1.07. The third kappa shape index (κ3) is 6.92. The van der Waals surface area contributed by atoms with E-state index in [1.165, 1.54) is 16.3 Å². The normalized spacial score (nSPS) is 11.3. The third-order valence-electron chi connectivity index (χ3n) is 11.1. The summed E-state index contributed by atoms with van der Waals surface area (Å²) in [6.45, 7) is 0. The zero-order valence-corrected chi connectivity index (χ0v) is 33.0. The van der Waals surface area contributed by atoms with Crippen molar-refractivity contribution in [2.24, 2.45) is 0 Å². The Morgan fingerprint density at radius 2 is 0.656 bits per heavy atom. The lowest BCUT2D eigenvalue weighted by Crippen LogP contribution is -2.00. The van der Waals surface area contributed by atoms with Crippen molar-refractivity contribution in [1.29, 1.82) is 0 Å². The van der Waals surface area contributed by atoms with Gasteiger partial charge in [-0.15, -0.1) is 0 Å². The van der Waals surface area contributed by atoms with Crippen LogP contribution in [-0.2, 0) is 0 Å². The largest absolute Gasteiger partial charge is 0.309 e. The van der Waals surface area contributed by atoms with Crippen LogP contribution in [0.2, 0.25) is 0 Å². The third-order valence-corrected chi connectivity index (χ3v) is 11.1. The minimum atomic E-state index is 0.613. The second kappa shape index (κ2) is 15.4. The summed E-state index contributed by atoms with van der Waals surface area (Å²) in [4.78, 5) is 25.3. The molecule has 0 aliphatic carbocycles. The summed E-state index contributed by atoms with van der Waals surface area (Å²) in [5.74, 6) is 2.55. The van der Waals surface area contributed by atoms with Gasteiger partial charge in [0.05, 0.1) is 22.4 Å². The molecular weight excluding hydrogens is 745 g/mol. The Labute approximate surface area is 353 Å². The first-order valence-corrected chi connectivity index (χ1v) is 20.3. The summed E-state index contributed by atoms with van der Waals surface area (Å²) in [6, 6.07) is 75.2. The summed E-state index contributed by atoms with van der Waals surface area (Å²) < 4.78 is 2.33. The number of hydrogen-bond acceptors (Lipinski definition) is 5. The minimum absolute atomic E-state index is 0.613. The zero-order chi connectivity index (χ0) is 40.5. The van der Waals surface area contributed by atoms with Crippen LogP contribution < -0.4 is 0 Å². The van der Waals surface area contributed by atoms with Crippen LogP contribution in [-0.4, -0.2) is 29.5 Å². The molecular formula is C55H36N6. The molecule has 0 unspecified atom stereocenters. The minimum Gasteiger partial charge on any atom is -0.309 e. The average molecular weight is 781 g/mol. The SMILES string of the molecule is c1ccc(-c2nc(-c3cccc(-c4cccc(-c5nc(-c6ccccc6)nc(-c6ccccc6)n5)c4)c3)cc(-c3ccc4c(c3)c3ccccc3n4-c3ccccc3)n2)cc1. The van der Waals surface area contributed by atoms with E-state index >= 15 is 0 Å². The van der Waals surface area contributed by atoms with Gasteiger partial charge < -0.3 is 4.57 Å². The van der Waals surface area contributed by atoms with E-state index in [-0.39, 0.29) is 0 Å². The molecule has 11 rings (SSSR count). The maximum Gasteiger partial charge on any atom is 0.164 e. The maximum absolute atomic E-state index is 5.20. The number of benzene rings is 8. The number of fused-ring (bicyclic) bond motifs is 3. The van der Waals surface area contributed by atoms with Crippen molar-refractivity contribution < 1.29 is 0 Å². The van der Waals surface area contributed by atoms with E-state index in [9.17, 15) is 0 Å². The quantitative estimate of drug-likeness (QED) is 0.154. The van der Waals surface area contributed by atoms with E-state index in [0.29, 0.717) is 23.3 Å². The molecule has 0 aliphatic rings. The molecule has 0 saturated heterocycles. The molecule has 0 N–H and O–H groups in total. The summed E-state index contributed by atoms with van der Waals surface area (Å²) in [7, 11) is 0. The lowest BCUT2D eigenvalue weighted by atomic mass is 9.98. The van der Waals surface area contributed by atoms with Gasteiger partial charge in [-0.25, -0.2) is 24.9 Å². The standard InChI is InChI=1S/C55H36N6/c1-5-17-37(18-6-1)52-56-48(36-49(57-52)43-31-32-51-47(35-43)46-29-13-14-30-50(46)61(51)45-27-11-4-12-28-45)42-25-15-23-40(33-42)41-24-16-26-44(34-41)55-59-53(38-19-7-2-8-20-38)58-54(60-55)39-21-9-3-10-22-39/h1-36H. The second-order valence-corrected chi connectivity index (χ2v) is 14.9. The molecule has 0 atom stereocenters. The van der Waals surface area contributed by atoms with Crippen molar-refractivity contribution >= 4 is 21.8 Å². The first-order chi connectivity index (χ1) is 30.2. The molecule has 11 aromatic rings. The van der Waals surface area contributed by atoms with Crippen LogP contribution in [0.4, 0.5) is 0 Å². The van der Waals surface area contributed by atoms with Crippen molar-refractivity contribution in [3.8, 4) is 84.9 Å². The second-order valence-electron chi connectivity index (χ2n) is 14.9. The number of nitrogens with zero attached hydrogens (tertiary/aromatic N) is 6. The Kier molecular flexibility index (Phi) is 9.06. The smallest absolute Gasteiger partial charge is 0.164 e. The van der Waals surface area contributed by atoms with Crippen LogP contribution in [0.3, 0.4) is 0 Å². The molecule has 3 heterocycles. The van der Waals surface area contributed by atoms with E-state index in [4.69, 9.17) is 24.9 Å². The van der Waals surface area contributed by atoms with E-state index < -0.39 is 0 Å². The fourth-order valence-corrected chi connectivity index (χ4v) is 8.08. The van der Waals surface area contributed by atoms with Crippen LogP contribution in [0.15, 0.2) is 218 Å². The summed E-state index contributed by atoms with van der Waals surface area (Å²) in [5.41, 5.74) is 13.0. The highest BCUT2D eigenvalue weighted by Crippen LogP contribution is 2.37. The summed E-state index contributed by atoms with van der Waals surface area (Å²) >= 11 is 0. The van der Waals surface area contributed by atoms with Gasteiger partial charge in [0.15, 0.2) is 23.3 Å². The number of rotatable bonds is 8. The molecule has 6 heteroatoms. The van der Waals surface area contributed by atoms with E-state index in [1.54, 1.807) is 0 Å². The van der Waals surface area contributed by atoms with Crippen molar-refractivity contribution in [3.05, 3.63) is 218 Å². The van der Waals surface area contributed by atoms with Crippen molar-refractivity contribution in [2.45, 2.75) is 0 Å². The molecule has 0 spiro atoms. The lowest BCUT2D eigenvalue weighted by Gasteiger charge is -2.12. The van der Waals surface area contributed by atoms with Gasteiger partial charge in [-0.1, -0.05) is 170 Å². The molecule has 8 aromatic carbocycles. The number of aromatic nitrogens is 6. The molecule has 0 bridgehead atoms. The molecule has 0 radical (unpaired) electrons. The molecule has 61 heavy (non-hydrogen) atoms. The Hall–Kier alpha value is -8.35. The summed E-state index contributed by atoms with van der Waals surface area (Å²) in [6.07, 6.45) is 0. The van der Waals surface area contributed by atoms with E-state index in [0.717, 1.165) is 67.1 Å². The van der Waals surface area contributed by atoms with Gasteiger partial charge in [-0.05, 0) is 59.7 Å². The molecule has 6 nitrogen and oxygen atoms in total. The van der Waals surface area contributed by atoms with Crippen molar-refractivity contribution in [3.63, 3.8) is 0 Å². The maximum atomic E-state index is 5.20. The van der Waals surface area contributed by atoms with Gasteiger partial charge in [-0.3, -0.25) is 0 Å². The first kappa shape index (κ1) is 35.8. The number of para-hydroxylation sites is 2. The van der Waals surface area contributed by atoms with Crippen molar-refractivity contribution in [2.75, 3.05) is 0 Å². The van der Waals surface area contributed by atoms with Gasteiger partial charge in [0.1, 0.15) is 0 Å². The van der Waals surface area contributed by atoms with Gasteiger partial charge in [0, 0.05) is 49.8 Å². The fourth-order valence-electron chi connectivity index (χ4n) is 8.08. The predicted octanol–water partition coefficient (Wildman–Crippen LogP) is 13.4. The molecule has 0 amide bonds. The van der Waals surface area contributed by atoms with E-state index in [1.807, 2.05) is 78.9 Å². The van der Waals surface area contributed by atoms with Crippen LogP contribution >= 0.6 is 0 Å². The highest BCUT2D eigenvalue weighted by Gasteiger charge is 2.17. The fraction of sp³-hybridized carbons (Fsp3) is 0.